The zero-order valence-corrected chi connectivity index (χ0v) is 12.6. The average molecular weight is 289 g/mol. The Morgan fingerprint density at radius 2 is 2.29 bits per heavy atom. The normalized spacial score (nSPS) is 27.4. The molecule has 1 aromatic rings. The fourth-order valence-electron chi connectivity index (χ4n) is 3.45. The number of aryl methyl sites for hydroxylation is 1. The quantitative estimate of drug-likeness (QED) is 0.845. The first-order chi connectivity index (χ1) is 10.2. The third-order valence-electron chi connectivity index (χ3n) is 4.70. The van der Waals surface area contributed by atoms with E-state index in [1.165, 1.54) is 13.5 Å². The lowest BCUT2D eigenvalue weighted by atomic mass is 9.66. The maximum Gasteiger partial charge on any atom is 0.305 e. The first kappa shape index (κ1) is 14.4. The Balaban J connectivity index is 1.51. The molecule has 2 fully saturated rings. The Kier molecular flexibility index (Phi) is 4.15. The molecule has 1 spiro atoms. The highest BCUT2D eigenvalue weighted by Crippen LogP contribution is 2.47. The second-order valence-electron chi connectivity index (χ2n) is 6.30. The monoisotopic (exact) mass is 289 g/mol. The minimum atomic E-state index is -0.170. The van der Waals surface area contributed by atoms with Gasteiger partial charge in [-0.3, -0.25) is 4.79 Å². The van der Waals surface area contributed by atoms with Crippen LogP contribution < -0.4 is 10.1 Å². The number of nitrogens with one attached hydrogen (secondary N) is 1. The van der Waals surface area contributed by atoms with Crippen LogP contribution in [-0.2, 0) is 16.0 Å². The van der Waals surface area contributed by atoms with E-state index in [1.807, 2.05) is 24.3 Å². The van der Waals surface area contributed by atoms with E-state index in [9.17, 15) is 4.79 Å². The molecule has 2 aliphatic rings. The number of benzene rings is 1. The lowest BCUT2D eigenvalue weighted by Gasteiger charge is -2.44. The summed E-state index contributed by atoms with van der Waals surface area (Å²) in [6.07, 6.45) is 5.06. The molecule has 21 heavy (non-hydrogen) atoms. The highest BCUT2D eigenvalue weighted by atomic mass is 16.5. The van der Waals surface area contributed by atoms with Crippen LogP contribution in [0.5, 0.6) is 5.75 Å². The van der Waals surface area contributed by atoms with Gasteiger partial charge in [0, 0.05) is 13.0 Å². The van der Waals surface area contributed by atoms with Crippen LogP contribution >= 0.6 is 0 Å². The van der Waals surface area contributed by atoms with Crippen molar-refractivity contribution >= 4 is 5.97 Å². The molecule has 1 heterocycles. The van der Waals surface area contributed by atoms with Crippen molar-refractivity contribution in [1.29, 1.82) is 0 Å². The Bertz CT molecular complexity index is 501. The van der Waals surface area contributed by atoms with Crippen LogP contribution in [0.25, 0.3) is 0 Å². The van der Waals surface area contributed by atoms with E-state index in [0.29, 0.717) is 24.4 Å². The summed E-state index contributed by atoms with van der Waals surface area (Å²) in [7, 11) is 1.42. The van der Waals surface area contributed by atoms with Crippen molar-refractivity contribution < 1.29 is 14.3 Å². The Morgan fingerprint density at radius 1 is 1.43 bits per heavy atom. The third-order valence-corrected chi connectivity index (χ3v) is 4.70. The van der Waals surface area contributed by atoms with Crippen molar-refractivity contribution in [2.75, 3.05) is 20.2 Å². The minimum Gasteiger partial charge on any atom is -0.490 e. The molecule has 0 bridgehead atoms. The zero-order chi connectivity index (χ0) is 14.7. The van der Waals surface area contributed by atoms with Crippen LogP contribution in [0.4, 0.5) is 0 Å². The van der Waals surface area contributed by atoms with Gasteiger partial charge in [0.1, 0.15) is 5.75 Å². The number of methoxy groups -OCH3 is 1. The number of ether oxygens (including phenoxy) is 2. The van der Waals surface area contributed by atoms with E-state index >= 15 is 0 Å². The average Bonchev–Trinajstić information content (AvgIpc) is 2.94. The Hall–Kier alpha value is -1.55. The topological polar surface area (TPSA) is 47.6 Å². The predicted octanol–water partition coefficient (Wildman–Crippen LogP) is 2.31. The van der Waals surface area contributed by atoms with Crippen molar-refractivity contribution in [2.24, 2.45) is 5.41 Å². The van der Waals surface area contributed by atoms with E-state index in [1.54, 1.807) is 0 Å². The summed E-state index contributed by atoms with van der Waals surface area (Å²) in [5, 5.41) is 3.44. The molecule has 0 aromatic heterocycles. The number of hydrogen-bond donors (Lipinski definition) is 1. The smallest absolute Gasteiger partial charge is 0.305 e. The lowest BCUT2D eigenvalue weighted by Crippen LogP contribution is -2.45. The second-order valence-corrected chi connectivity index (χ2v) is 6.30. The molecule has 0 unspecified atom stereocenters. The first-order valence-electron chi connectivity index (χ1n) is 7.72. The molecule has 0 amide bonds. The number of hydrogen-bond acceptors (Lipinski definition) is 4. The number of rotatable bonds is 5. The van der Waals surface area contributed by atoms with E-state index < -0.39 is 0 Å². The van der Waals surface area contributed by atoms with Gasteiger partial charge in [-0.1, -0.05) is 12.1 Å². The summed E-state index contributed by atoms with van der Waals surface area (Å²) in [5.74, 6) is 0.749. The summed E-state index contributed by atoms with van der Waals surface area (Å²) >= 11 is 0. The molecule has 1 saturated heterocycles. The first-order valence-corrected chi connectivity index (χ1v) is 7.72. The largest absolute Gasteiger partial charge is 0.490 e. The molecule has 1 aliphatic carbocycles. The fraction of sp³-hybridized carbons (Fsp3) is 0.588. The molecule has 3 rings (SSSR count). The molecule has 1 aliphatic heterocycles. The third kappa shape index (κ3) is 3.38. The summed E-state index contributed by atoms with van der Waals surface area (Å²) in [4.78, 5) is 11.2. The highest BCUT2D eigenvalue weighted by molar-refractivity contribution is 5.69. The van der Waals surface area contributed by atoms with Crippen LogP contribution in [0.1, 0.15) is 31.2 Å². The van der Waals surface area contributed by atoms with Gasteiger partial charge < -0.3 is 14.8 Å². The van der Waals surface area contributed by atoms with Gasteiger partial charge in [0.05, 0.1) is 13.2 Å². The number of carbonyl (C=O) groups is 1. The summed E-state index contributed by atoms with van der Waals surface area (Å²) in [6.45, 7) is 2.29. The Morgan fingerprint density at radius 3 is 3.00 bits per heavy atom. The standard InChI is InChI=1S/C17H23NO3/c1-20-16(19)6-5-13-3-2-4-14(9-13)21-15-10-17(11-15)7-8-18-12-17/h2-4,9,15,18H,5-8,10-12H2,1H3. The van der Waals surface area contributed by atoms with E-state index in [2.05, 4.69) is 10.1 Å². The van der Waals surface area contributed by atoms with Gasteiger partial charge in [-0.2, -0.15) is 0 Å². The predicted molar refractivity (Wildman–Crippen MR) is 80.3 cm³/mol. The van der Waals surface area contributed by atoms with E-state index in [0.717, 1.165) is 37.2 Å². The van der Waals surface area contributed by atoms with Crippen molar-refractivity contribution in [3.05, 3.63) is 29.8 Å². The molecule has 0 radical (unpaired) electrons. The SMILES string of the molecule is COC(=O)CCc1cccc(OC2CC3(CCNC3)C2)c1. The summed E-state index contributed by atoms with van der Waals surface area (Å²) in [6, 6.07) is 8.06. The van der Waals surface area contributed by atoms with Crippen LogP contribution in [0.3, 0.4) is 0 Å². The van der Waals surface area contributed by atoms with E-state index in [4.69, 9.17) is 4.74 Å². The van der Waals surface area contributed by atoms with Crippen molar-refractivity contribution in [3.63, 3.8) is 0 Å². The zero-order valence-electron chi connectivity index (χ0n) is 12.6. The van der Waals surface area contributed by atoms with E-state index in [-0.39, 0.29) is 5.97 Å². The van der Waals surface area contributed by atoms with Crippen LogP contribution in [0.2, 0.25) is 0 Å². The summed E-state index contributed by atoms with van der Waals surface area (Å²) in [5.41, 5.74) is 1.63. The molecule has 1 N–H and O–H groups in total. The van der Waals surface area contributed by atoms with Crippen molar-refractivity contribution in [1.82, 2.24) is 5.32 Å². The van der Waals surface area contributed by atoms with Crippen molar-refractivity contribution in [2.45, 2.75) is 38.2 Å². The van der Waals surface area contributed by atoms with Gasteiger partial charge >= 0.3 is 5.97 Å². The van der Waals surface area contributed by atoms with Gasteiger partial charge in [-0.05, 0) is 55.3 Å². The molecule has 4 heteroatoms. The van der Waals surface area contributed by atoms with Gasteiger partial charge in [0.15, 0.2) is 0 Å². The van der Waals surface area contributed by atoms with Gasteiger partial charge in [-0.25, -0.2) is 0 Å². The maximum absolute atomic E-state index is 11.2. The number of esters is 1. The molecular formula is C17H23NO3. The van der Waals surface area contributed by atoms with Crippen molar-refractivity contribution in [3.8, 4) is 5.75 Å². The molecule has 1 aromatic carbocycles. The number of carbonyl (C=O) groups excluding carboxylic acids is 1. The molecule has 4 nitrogen and oxygen atoms in total. The molecule has 0 atom stereocenters. The van der Waals surface area contributed by atoms with Crippen LogP contribution in [0.15, 0.2) is 24.3 Å². The van der Waals surface area contributed by atoms with Gasteiger partial charge in [0.25, 0.3) is 0 Å². The highest BCUT2D eigenvalue weighted by Gasteiger charge is 2.47. The molecule has 1 saturated carbocycles. The lowest BCUT2D eigenvalue weighted by molar-refractivity contribution is -0.140. The van der Waals surface area contributed by atoms with Gasteiger partial charge in [0.2, 0.25) is 0 Å². The Labute approximate surface area is 125 Å². The maximum atomic E-state index is 11.2. The van der Waals surface area contributed by atoms with Crippen LogP contribution in [0, 0.1) is 5.41 Å². The van der Waals surface area contributed by atoms with Crippen LogP contribution in [-0.4, -0.2) is 32.3 Å². The fourth-order valence-corrected chi connectivity index (χ4v) is 3.45. The second kappa shape index (κ2) is 6.06. The molecular weight excluding hydrogens is 266 g/mol. The minimum absolute atomic E-state index is 0.170. The molecule has 114 valence electrons. The van der Waals surface area contributed by atoms with Gasteiger partial charge in [-0.15, -0.1) is 0 Å². The summed E-state index contributed by atoms with van der Waals surface area (Å²) < 4.78 is 10.7.